The fourth-order valence-corrected chi connectivity index (χ4v) is 1.47. The van der Waals surface area contributed by atoms with Crippen molar-refractivity contribution >= 4 is 5.82 Å². The topological polar surface area (TPSA) is 69.4 Å². The van der Waals surface area contributed by atoms with Gasteiger partial charge >= 0.3 is 0 Å². The minimum Gasteiger partial charge on any atom is -0.490 e. The highest BCUT2D eigenvalue weighted by atomic mass is 16.5. The predicted octanol–water partition coefficient (Wildman–Crippen LogP) is 2.56. The summed E-state index contributed by atoms with van der Waals surface area (Å²) >= 11 is 0. The Morgan fingerprint density at radius 1 is 1.11 bits per heavy atom. The number of nitrogens with one attached hydrogen (secondary N) is 1. The van der Waals surface area contributed by atoms with Gasteiger partial charge in [0, 0.05) is 6.07 Å². The van der Waals surface area contributed by atoms with E-state index in [2.05, 4.69) is 10.4 Å². The molecule has 0 spiro atoms. The van der Waals surface area contributed by atoms with Crippen LogP contribution in [0.15, 0.2) is 42.5 Å². The van der Waals surface area contributed by atoms with Crippen LogP contribution in [-0.2, 0) is 0 Å². The summed E-state index contributed by atoms with van der Waals surface area (Å²) in [4.78, 5) is 4.17. The molecule has 1 heterocycles. The van der Waals surface area contributed by atoms with Gasteiger partial charge in [0.05, 0.1) is 6.61 Å². The number of hydrogen-bond donors (Lipinski definition) is 2. The Hall–Kier alpha value is -2.27. The average molecular weight is 245 g/mol. The van der Waals surface area contributed by atoms with Gasteiger partial charge in [-0.2, -0.15) is 4.98 Å². The van der Waals surface area contributed by atoms with E-state index in [4.69, 9.17) is 15.3 Å². The van der Waals surface area contributed by atoms with Crippen LogP contribution in [0.1, 0.15) is 6.92 Å². The molecular weight excluding hydrogens is 230 g/mol. The average Bonchev–Trinajstić information content (AvgIpc) is 2.41. The molecule has 3 N–H and O–H groups in total. The summed E-state index contributed by atoms with van der Waals surface area (Å²) in [6.45, 7) is 2.51. The lowest BCUT2D eigenvalue weighted by Crippen LogP contribution is -2.08. The number of nitrogen functional groups attached to an aromatic ring is 1. The Kier molecular flexibility index (Phi) is 3.98. The molecule has 94 valence electrons. The van der Waals surface area contributed by atoms with Crippen LogP contribution in [0.2, 0.25) is 0 Å². The molecule has 0 atom stereocenters. The second-order valence-corrected chi connectivity index (χ2v) is 3.49. The van der Waals surface area contributed by atoms with E-state index in [1.807, 2.05) is 31.2 Å². The van der Waals surface area contributed by atoms with Crippen molar-refractivity contribution in [1.29, 1.82) is 0 Å². The van der Waals surface area contributed by atoms with Gasteiger partial charge in [-0.05, 0) is 25.1 Å². The molecule has 5 nitrogen and oxygen atoms in total. The molecule has 0 aliphatic heterocycles. The smallest absolute Gasteiger partial charge is 0.221 e. The van der Waals surface area contributed by atoms with Gasteiger partial charge in [0.25, 0.3) is 0 Å². The lowest BCUT2D eigenvalue weighted by molar-refractivity contribution is 0.319. The summed E-state index contributed by atoms with van der Waals surface area (Å²) in [6.07, 6.45) is 0. The standard InChI is InChI=1S/C13H15N3O2/c1-2-17-10-6-3-4-7-11(10)18-13-9-5-8-12(15-13)16-14/h3-9H,2,14H2,1H3,(H,15,16). The third-order valence-electron chi connectivity index (χ3n) is 2.23. The fourth-order valence-electron chi connectivity index (χ4n) is 1.47. The number of para-hydroxylation sites is 2. The zero-order valence-electron chi connectivity index (χ0n) is 10.1. The largest absolute Gasteiger partial charge is 0.490 e. The van der Waals surface area contributed by atoms with E-state index in [1.165, 1.54) is 0 Å². The molecule has 0 unspecified atom stereocenters. The van der Waals surface area contributed by atoms with Gasteiger partial charge in [0.2, 0.25) is 5.88 Å². The monoisotopic (exact) mass is 245 g/mol. The number of nitrogens with two attached hydrogens (primary N) is 1. The van der Waals surface area contributed by atoms with Crippen molar-refractivity contribution in [3.05, 3.63) is 42.5 Å². The molecule has 0 aliphatic carbocycles. The molecule has 2 rings (SSSR count). The molecule has 0 saturated heterocycles. The van der Waals surface area contributed by atoms with Crippen molar-refractivity contribution in [3.8, 4) is 17.4 Å². The van der Waals surface area contributed by atoms with Crippen LogP contribution in [0.3, 0.4) is 0 Å². The van der Waals surface area contributed by atoms with Crippen LogP contribution >= 0.6 is 0 Å². The number of ether oxygens (including phenoxy) is 2. The Morgan fingerprint density at radius 2 is 1.89 bits per heavy atom. The number of nitrogens with zero attached hydrogens (tertiary/aromatic N) is 1. The Bertz CT molecular complexity index is 517. The van der Waals surface area contributed by atoms with E-state index in [-0.39, 0.29) is 0 Å². The Labute approximate surface area is 106 Å². The first-order valence-electron chi connectivity index (χ1n) is 5.67. The van der Waals surface area contributed by atoms with Crippen molar-refractivity contribution in [2.45, 2.75) is 6.92 Å². The highest BCUT2D eigenvalue weighted by Gasteiger charge is 2.06. The van der Waals surface area contributed by atoms with E-state index in [9.17, 15) is 0 Å². The minimum atomic E-state index is 0.456. The zero-order valence-corrected chi connectivity index (χ0v) is 10.1. The van der Waals surface area contributed by atoms with E-state index in [1.54, 1.807) is 18.2 Å². The molecule has 1 aromatic heterocycles. The van der Waals surface area contributed by atoms with Crippen LogP contribution in [0.4, 0.5) is 5.82 Å². The first-order chi connectivity index (χ1) is 8.83. The number of pyridine rings is 1. The van der Waals surface area contributed by atoms with Gasteiger partial charge in [-0.15, -0.1) is 0 Å². The third-order valence-corrected chi connectivity index (χ3v) is 2.23. The summed E-state index contributed by atoms with van der Waals surface area (Å²) < 4.78 is 11.1. The van der Waals surface area contributed by atoms with Crippen LogP contribution in [-0.4, -0.2) is 11.6 Å². The molecule has 0 radical (unpaired) electrons. The van der Waals surface area contributed by atoms with Crippen LogP contribution < -0.4 is 20.7 Å². The first kappa shape index (κ1) is 12.2. The van der Waals surface area contributed by atoms with Gasteiger partial charge in [-0.1, -0.05) is 18.2 Å². The van der Waals surface area contributed by atoms with Crippen molar-refractivity contribution < 1.29 is 9.47 Å². The lowest BCUT2D eigenvalue weighted by atomic mass is 10.3. The second-order valence-electron chi connectivity index (χ2n) is 3.49. The van der Waals surface area contributed by atoms with E-state index in [0.29, 0.717) is 29.8 Å². The van der Waals surface area contributed by atoms with Gasteiger partial charge < -0.3 is 14.9 Å². The Morgan fingerprint density at radius 3 is 2.61 bits per heavy atom. The summed E-state index contributed by atoms with van der Waals surface area (Å²) in [5.41, 5.74) is 2.47. The highest BCUT2D eigenvalue weighted by Crippen LogP contribution is 2.30. The summed E-state index contributed by atoms with van der Waals surface area (Å²) in [5.74, 6) is 7.61. The molecular formula is C13H15N3O2. The molecule has 2 aromatic rings. The van der Waals surface area contributed by atoms with Gasteiger partial charge in [0.15, 0.2) is 11.5 Å². The minimum absolute atomic E-state index is 0.456. The molecule has 0 amide bonds. The van der Waals surface area contributed by atoms with Crippen LogP contribution in [0, 0.1) is 0 Å². The van der Waals surface area contributed by atoms with Gasteiger partial charge in [-0.25, -0.2) is 5.84 Å². The number of aromatic nitrogens is 1. The van der Waals surface area contributed by atoms with E-state index < -0.39 is 0 Å². The molecule has 5 heteroatoms. The number of hydrazine groups is 1. The Balaban J connectivity index is 2.22. The van der Waals surface area contributed by atoms with Crippen LogP contribution in [0.25, 0.3) is 0 Å². The molecule has 0 fully saturated rings. The van der Waals surface area contributed by atoms with E-state index in [0.717, 1.165) is 0 Å². The number of rotatable bonds is 5. The maximum Gasteiger partial charge on any atom is 0.221 e. The zero-order chi connectivity index (χ0) is 12.8. The highest BCUT2D eigenvalue weighted by molar-refractivity contribution is 5.43. The van der Waals surface area contributed by atoms with Crippen LogP contribution in [0.5, 0.6) is 17.4 Å². The fraction of sp³-hybridized carbons (Fsp3) is 0.154. The van der Waals surface area contributed by atoms with Crippen molar-refractivity contribution in [2.24, 2.45) is 5.84 Å². The van der Waals surface area contributed by atoms with Crippen molar-refractivity contribution in [2.75, 3.05) is 12.0 Å². The molecule has 0 aliphatic rings. The van der Waals surface area contributed by atoms with Crippen molar-refractivity contribution in [3.63, 3.8) is 0 Å². The molecule has 1 aromatic carbocycles. The van der Waals surface area contributed by atoms with Gasteiger partial charge in [0.1, 0.15) is 5.82 Å². The summed E-state index contributed by atoms with van der Waals surface area (Å²) in [5, 5.41) is 0. The van der Waals surface area contributed by atoms with Crippen molar-refractivity contribution in [1.82, 2.24) is 4.98 Å². The summed E-state index contributed by atoms with van der Waals surface area (Å²) in [6, 6.07) is 12.8. The number of hydrogen-bond acceptors (Lipinski definition) is 5. The third kappa shape index (κ3) is 2.89. The predicted molar refractivity (Wildman–Crippen MR) is 69.7 cm³/mol. The molecule has 0 saturated carbocycles. The first-order valence-corrected chi connectivity index (χ1v) is 5.67. The van der Waals surface area contributed by atoms with Gasteiger partial charge in [-0.3, -0.25) is 0 Å². The quantitative estimate of drug-likeness (QED) is 0.625. The lowest BCUT2D eigenvalue weighted by Gasteiger charge is -2.10. The number of anilines is 1. The molecule has 18 heavy (non-hydrogen) atoms. The molecule has 0 bridgehead atoms. The maximum absolute atomic E-state index is 5.67. The second kappa shape index (κ2) is 5.88. The SMILES string of the molecule is CCOc1ccccc1Oc1cccc(NN)n1. The normalized spacial score (nSPS) is 9.89. The van der Waals surface area contributed by atoms with E-state index >= 15 is 0 Å². The maximum atomic E-state index is 5.67. The summed E-state index contributed by atoms with van der Waals surface area (Å²) in [7, 11) is 0. The number of benzene rings is 1.